The second kappa shape index (κ2) is 7.68. The Hall–Kier alpha value is -3.05. The van der Waals surface area contributed by atoms with Gasteiger partial charge >= 0.3 is 0 Å². The number of aliphatic hydroxyl groups excluding tert-OH is 1. The van der Waals surface area contributed by atoms with Crippen LogP contribution in [-0.4, -0.2) is 16.0 Å². The highest BCUT2D eigenvalue weighted by atomic mass is 19.1. The molecule has 25 heavy (non-hydrogen) atoms. The summed E-state index contributed by atoms with van der Waals surface area (Å²) in [7, 11) is 0. The van der Waals surface area contributed by atoms with E-state index in [1.165, 1.54) is 12.1 Å². The second-order valence-electron chi connectivity index (χ2n) is 5.59. The topological polar surface area (TPSA) is 62.2 Å². The van der Waals surface area contributed by atoms with Crippen LogP contribution in [0.25, 0.3) is 0 Å². The molecule has 2 N–H and O–H groups in total. The van der Waals surface area contributed by atoms with Gasteiger partial charge in [-0.2, -0.15) is 0 Å². The highest BCUT2D eigenvalue weighted by Crippen LogP contribution is 2.23. The summed E-state index contributed by atoms with van der Waals surface area (Å²) < 4.78 is 13.2. The van der Waals surface area contributed by atoms with Crippen molar-refractivity contribution in [1.29, 1.82) is 0 Å². The van der Waals surface area contributed by atoms with Crippen molar-refractivity contribution in [3.63, 3.8) is 0 Å². The summed E-state index contributed by atoms with van der Waals surface area (Å²) in [6, 6.07) is 17.6. The number of pyridine rings is 1. The number of aliphatic hydroxyl groups is 1. The molecular formula is C20H17FN2O2. The number of hydrogen-bond donors (Lipinski definition) is 2. The molecule has 0 bridgehead atoms. The van der Waals surface area contributed by atoms with Gasteiger partial charge in [-0.1, -0.05) is 42.5 Å². The maximum absolute atomic E-state index is 13.2. The van der Waals surface area contributed by atoms with Crippen molar-refractivity contribution in [3.8, 4) is 0 Å². The van der Waals surface area contributed by atoms with Crippen LogP contribution in [0.3, 0.4) is 0 Å². The molecule has 3 aromatic rings. The van der Waals surface area contributed by atoms with Crippen LogP contribution in [-0.2, 0) is 4.79 Å². The molecule has 0 spiro atoms. The maximum Gasteiger partial charge on any atom is 0.254 e. The van der Waals surface area contributed by atoms with Crippen molar-refractivity contribution in [1.82, 2.24) is 10.3 Å². The molecule has 0 radical (unpaired) electrons. The number of halogens is 1. The highest BCUT2D eigenvalue weighted by Gasteiger charge is 2.22. The highest BCUT2D eigenvalue weighted by molar-refractivity contribution is 5.82. The number of rotatable bonds is 5. The van der Waals surface area contributed by atoms with Crippen molar-refractivity contribution >= 4 is 5.91 Å². The third kappa shape index (κ3) is 4.08. The molecule has 0 aliphatic rings. The van der Waals surface area contributed by atoms with Crippen LogP contribution in [0.4, 0.5) is 4.39 Å². The van der Waals surface area contributed by atoms with Crippen LogP contribution in [0.2, 0.25) is 0 Å². The van der Waals surface area contributed by atoms with Crippen molar-refractivity contribution in [2.24, 2.45) is 0 Å². The standard InChI is InChI=1S/C20H17FN2O2/c21-17-8-6-14(7-9-17)18(15-10-12-22-13-11-15)23-20(25)19(24)16-4-2-1-3-5-16/h1-13,18-19,24H,(H,23,25)/t18-,19-/m1/s1. The van der Waals surface area contributed by atoms with Crippen LogP contribution in [0.5, 0.6) is 0 Å². The number of nitrogens with one attached hydrogen (secondary N) is 1. The van der Waals surface area contributed by atoms with E-state index in [0.29, 0.717) is 11.1 Å². The number of carbonyl (C=O) groups excluding carboxylic acids is 1. The summed E-state index contributed by atoms with van der Waals surface area (Å²) in [4.78, 5) is 16.5. The first kappa shape index (κ1) is 16.8. The van der Waals surface area contributed by atoms with E-state index in [0.717, 1.165) is 5.56 Å². The SMILES string of the molecule is O=C(N[C@@H](c1ccncc1)c1ccc(F)cc1)[C@H](O)c1ccccc1. The molecule has 2 atom stereocenters. The molecule has 0 unspecified atom stereocenters. The summed E-state index contributed by atoms with van der Waals surface area (Å²) in [5.74, 6) is -0.884. The van der Waals surface area contributed by atoms with Gasteiger partial charge in [0.2, 0.25) is 0 Å². The molecular weight excluding hydrogens is 319 g/mol. The van der Waals surface area contributed by atoms with Gasteiger partial charge in [0, 0.05) is 12.4 Å². The van der Waals surface area contributed by atoms with E-state index in [9.17, 15) is 14.3 Å². The molecule has 1 aromatic heterocycles. The Morgan fingerprint density at radius 3 is 2.12 bits per heavy atom. The van der Waals surface area contributed by atoms with Crippen LogP contribution in [0.1, 0.15) is 28.8 Å². The third-order valence-electron chi connectivity index (χ3n) is 3.89. The number of carbonyl (C=O) groups is 1. The minimum absolute atomic E-state index is 0.354. The Morgan fingerprint density at radius 1 is 0.880 bits per heavy atom. The summed E-state index contributed by atoms with van der Waals surface area (Å²) >= 11 is 0. The molecule has 1 amide bonds. The maximum atomic E-state index is 13.2. The van der Waals surface area contributed by atoms with Gasteiger partial charge in [-0.15, -0.1) is 0 Å². The first-order chi connectivity index (χ1) is 12.1. The normalized spacial score (nSPS) is 13.0. The van der Waals surface area contributed by atoms with Crippen molar-refractivity contribution in [2.75, 3.05) is 0 Å². The fourth-order valence-corrected chi connectivity index (χ4v) is 2.58. The molecule has 5 heteroatoms. The van der Waals surface area contributed by atoms with Crippen molar-refractivity contribution in [2.45, 2.75) is 12.1 Å². The zero-order valence-electron chi connectivity index (χ0n) is 13.3. The van der Waals surface area contributed by atoms with Gasteiger partial charge < -0.3 is 10.4 Å². The minimum atomic E-state index is -1.29. The Balaban J connectivity index is 1.87. The average Bonchev–Trinajstić information content (AvgIpc) is 2.67. The Morgan fingerprint density at radius 2 is 1.48 bits per heavy atom. The van der Waals surface area contributed by atoms with Crippen LogP contribution >= 0.6 is 0 Å². The first-order valence-electron chi connectivity index (χ1n) is 7.84. The zero-order valence-corrected chi connectivity index (χ0v) is 13.3. The Kier molecular flexibility index (Phi) is 5.16. The van der Waals surface area contributed by atoms with E-state index in [4.69, 9.17) is 0 Å². The van der Waals surface area contributed by atoms with Gasteiger partial charge in [-0.25, -0.2) is 4.39 Å². The van der Waals surface area contributed by atoms with Gasteiger partial charge in [0.05, 0.1) is 6.04 Å². The Bertz CT molecular complexity index is 823. The Labute approximate surface area is 145 Å². The lowest BCUT2D eigenvalue weighted by molar-refractivity contribution is -0.130. The summed E-state index contributed by atoms with van der Waals surface area (Å²) in [5, 5.41) is 13.1. The van der Waals surface area contributed by atoms with Gasteiger partial charge in [0.1, 0.15) is 5.82 Å². The number of nitrogens with zero attached hydrogens (tertiary/aromatic N) is 1. The monoisotopic (exact) mass is 336 g/mol. The van der Waals surface area contributed by atoms with Crippen LogP contribution < -0.4 is 5.32 Å². The number of benzene rings is 2. The van der Waals surface area contributed by atoms with Gasteiger partial charge in [-0.3, -0.25) is 9.78 Å². The van der Waals surface area contributed by atoms with Crippen molar-refractivity contribution < 1.29 is 14.3 Å². The van der Waals surface area contributed by atoms with Crippen molar-refractivity contribution in [3.05, 3.63) is 102 Å². The van der Waals surface area contributed by atoms with E-state index in [-0.39, 0.29) is 5.82 Å². The predicted octanol–water partition coefficient (Wildman–Crippen LogP) is 3.16. The predicted molar refractivity (Wildman–Crippen MR) is 92.0 cm³/mol. The molecule has 0 fully saturated rings. The molecule has 3 rings (SSSR count). The molecule has 4 nitrogen and oxygen atoms in total. The largest absolute Gasteiger partial charge is 0.378 e. The van der Waals surface area contributed by atoms with Crippen LogP contribution in [0, 0.1) is 5.82 Å². The lowest BCUT2D eigenvalue weighted by atomic mass is 9.98. The molecule has 0 aliphatic heterocycles. The molecule has 1 heterocycles. The molecule has 0 aliphatic carbocycles. The van der Waals surface area contributed by atoms with E-state index >= 15 is 0 Å². The number of aromatic nitrogens is 1. The second-order valence-corrected chi connectivity index (χ2v) is 5.59. The molecule has 0 saturated carbocycles. The summed E-state index contributed by atoms with van der Waals surface area (Å²) in [6.07, 6.45) is 1.95. The van der Waals surface area contributed by atoms with E-state index in [1.54, 1.807) is 60.9 Å². The number of amides is 1. The van der Waals surface area contributed by atoms with Gasteiger partial charge in [0.15, 0.2) is 6.10 Å². The lowest BCUT2D eigenvalue weighted by Gasteiger charge is -2.21. The van der Waals surface area contributed by atoms with E-state index < -0.39 is 18.1 Å². The number of hydrogen-bond acceptors (Lipinski definition) is 3. The van der Waals surface area contributed by atoms with E-state index in [1.807, 2.05) is 6.07 Å². The fraction of sp³-hybridized carbons (Fsp3) is 0.100. The average molecular weight is 336 g/mol. The zero-order chi connectivity index (χ0) is 17.6. The van der Waals surface area contributed by atoms with Crippen LogP contribution in [0.15, 0.2) is 79.1 Å². The smallest absolute Gasteiger partial charge is 0.254 e. The molecule has 126 valence electrons. The third-order valence-corrected chi connectivity index (χ3v) is 3.89. The quantitative estimate of drug-likeness (QED) is 0.752. The summed E-state index contributed by atoms with van der Waals surface area (Å²) in [6.45, 7) is 0. The molecule has 2 aromatic carbocycles. The molecule has 0 saturated heterocycles. The summed E-state index contributed by atoms with van der Waals surface area (Å²) in [5.41, 5.74) is 2.00. The minimum Gasteiger partial charge on any atom is -0.378 e. The fourth-order valence-electron chi connectivity index (χ4n) is 2.58. The van der Waals surface area contributed by atoms with Gasteiger partial charge in [-0.05, 0) is 41.0 Å². The van der Waals surface area contributed by atoms with E-state index in [2.05, 4.69) is 10.3 Å². The van der Waals surface area contributed by atoms with Gasteiger partial charge in [0.25, 0.3) is 5.91 Å². The lowest BCUT2D eigenvalue weighted by Crippen LogP contribution is -2.33. The first-order valence-corrected chi connectivity index (χ1v) is 7.84.